The summed E-state index contributed by atoms with van der Waals surface area (Å²) < 4.78 is 5.75. The maximum absolute atomic E-state index is 12.6. The molecule has 2 heterocycles. The number of nitrogens with one attached hydrogen (secondary N) is 2. The van der Waals surface area contributed by atoms with E-state index in [4.69, 9.17) is 4.74 Å². The van der Waals surface area contributed by atoms with Crippen molar-refractivity contribution < 1.29 is 19.5 Å². The van der Waals surface area contributed by atoms with Crippen LogP contribution in [0.2, 0.25) is 0 Å². The number of rotatable bonds is 11. The molecule has 0 aromatic carbocycles. The normalized spacial score (nSPS) is 19.8. The van der Waals surface area contributed by atoms with Crippen molar-refractivity contribution in [2.75, 3.05) is 30.0 Å². The van der Waals surface area contributed by atoms with E-state index in [0.29, 0.717) is 42.8 Å². The Balaban J connectivity index is 2.02. The van der Waals surface area contributed by atoms with Gasteiger partial charge in [0.25, 0.3) is 0 Å². The van der Waals surface area contributed by atoms with E-state index in [0.717, 1.165) is 19.3 Å². The van der Waals surface area contributed by atoms with Crippen LogP contribution in [0.3, 0.4) is 0 Å². The second-order valence-electron chi connectivity index (χ2n) is 7.70. The maximum atomic E-state index is 12.6. The molecule has 2 amide bonds. The van der Waals surface area contributed by atoms with E-state index >= 15 is 0 Å². The summed E-state index contributed by atoms with van der Waals surface area (Å²) >= 11 is 0. The predicted molar refractivity (Wildman–Crippen MR) is 111 cm³/mol. The van der Waals surface area contributed by atoms with Crippen molar-refractivity contribution in [3.63, 3.8) is 0 Å². The molecule has 3 N–H and O–H groups in total. The summed E-state index contributed by atoms with van der Waals surface area (Å²) in [5.41, 5.74) is 5.33. The molecule has 0 bridgehead atoms. The minimum atomic E-state index is -0.553. The number of ether oxygens (including phenoxy) is 1. The van der Waals surface area contributed by atoms with E-state index in [1.807, 2.05) is 18.7 Å². The number of carbonyl (C=O) groups is 2. The molecule has 1 aliphatic heterocycles. The van der Waals surface area contributed by atoms with Crippen molar-refractivity contribution in [2.24, 2.45) is 5.92 Å². The Kier molecular flexibility index (Phi) is 9.18. The number of hydrazine groups is 1. The monoisotopic (exact) mass is 423 g/mol. The Morgan fingerprint density at radius 3 is 2.63 bits per heavy atom. The highest BCUT2D eigenvalue weighted by Gasteiger charge is 2.25. The zero-order valence-corrected chi connectivity index (χ0v) is 18.2. The Hall–Kier alpha value is -2.53. The first-order chi connectivity index (χ1) is 14.3. The van der Waals surface area contributed by atoms with Gasteiger partial charge in [0, 0.05) is 13.1 Å². The van der Waals surface area contributed by atoms with Crippen molar-refractivity contribution in [1.29, 1.82) is 0 Å². The van der Waals surface area contributed by atoms with E-state index in [1.165, 1.54) is 0 Å². The van der Waals surface area contributed by atoms with Gasteiger partial charge in [0.2, 0.25) is 24.2 Å². The molecule has 1 aromatic rings. The summed E-state index contributed by atoms with van der Waals surface area (Å²) in [5.74, 6) is 0.359. The number of carbonyl (C=O) groups excluding carboxylic acids is 2. The van der Waals surface area contributed by atoms with E-state index in [9.17, 15) is 14.8 Å². The lowest BCUT2D eigenvalue weighted by Gasteiger charge is -2.35. The van der Waals surface area contributed by atoms with Crippen LogP contribution in [0.5, 0.6) is 0 Å². The van der Waals surface area contributed by atoms with Crippen molar-refractivity contribution in [3.05, 3.63) is 5.82 Å². The standard InChI is InChI=1S/C19H33N7O4/c1-5-6-7-8-16(11-26(29)12-27)17(28)23-24-18-20-15(4)21-19(22-18)25-9-13(2)30-14(3)10-25/h12-14,16,29H,5-11H2,1-4H3,(H,23,28)(H,20,21,22,24)/t13?,14?,16-/m1/s1. The zero-order valence-electron chi connectivity index (χ0n) is 18.2. The first-order valence-electron chi connectivity index (χ1n) is 10.4. The molecule has 1 aliphatic rings. The molecule has 1 fully saturated rings. The molecule has 0 aliphatic carbocycles. The molecule has 0 saturated carbocycles. The fourth-order valence-corrected chi connectivity index (χ4v) is 3.44. The molecule has 11 heteroatoms. The van der Waals surface area contributed by atoms with Gasteiger partial charge in [0.1, 0.15) is 5.82 Å². The highest BCUT2D eigenvalue weighted by Crippen LogP contribution is 2.18. The van der Waals surface area contributed by atoms with E-state index < -0.39 is 5.92 Å². The third kappa shape index (κ3) is 7.38. The zero-order chi connectivity index (χ0) is 22.1. The SMILES string of the molecule is CCCCC[C@H](CN(O)C=O)C(=O)NNc1nc(C)nc(N2CC(C)OC(C)C2)n1. The van der Waals surface area contributed by atoms with Crippen molar-refractivity contribution >= 4 is 24.2 Å². The number of hydroxylamine groups is 2. The summed E-state index contributed by atoms with van der Waals surface area (Å²) in [7, 11) is 0. The van der Waals surface area contributed by atoms with Crippen molar-refractivity contribution in [1.82, 2.24) is 25.4 Å². The molecule has 0 radical (unpaired) electrons. The molecule has 3 atom stereocenters. The lowest BCUT2D eigenvalue weighted by molar-refractivity contribution is -0.154. The number of aryl methyl sites for hydroxylation is 1. The van der Waals surface area contributed by atoms with Crippen LogP contribution in [0.15, 0.2) is 0 Å². The number of hydrogen-bond donors (Lipinski definition) is 3. The van der Waals surface area contributed by atoms with Gasteiger partial charge in [-0.15, -0.1) is 0 Å². The van der Waals surface area contributed by atoms with Crippen LogP contribution in [0.25, 0.3) is 0 Å². The van der Waals surface area contributed by atoms with Gasteiger partial charge in [-0.2, -0.15) is 15.0 Å². The van der Waals surface area contributed by atoms with Crippen LogP contribution < -0.4 is 15.8 Å². The molecule has 1 aromatic heterocycles. The Morgan fingerprint density at radius 2 is 2.00 bits per heavy atom. The first-order valence-corrected chi connectivity index (χ1v) is 10.4. The smallest absolute Gasteiger partial charge is 0.246 e. The number of anilines is 2. The van der Waals surface area contributed by atoms with Crippen LogP contribution in [-0.2, 0) is 14.3 Å². The average molecular weight is 424 g/mol. The number of unbranched alkanes of at least 4 members (excludes halogenated alkanes) is 2. The highest BCUT2D eigenvalue weighted by atomic mass is 16.5. The largest absolute Gasteiger partial charge is 0.372 e. The summed E-state index contributed by atoms with van der Waals surface area (Å²) in [6, 6.07) is 0. The van der Waals surface area contributed by atoms with Gasteiger partial charge in [-0.3, -0.25) is 25.6 Å². The fraction of sp³-hybridized carbons (Fsp3) is 0.737. The Labute approximate surface area is 177 Å². The third-order valence-corrected chi connectivity index (χ3v) is 4.79. The summed E-state index contributed by atoms with van der Waals surface area (Å²) in [6.07, 6.45) is 3.76. The molecule has 1 saturated heterocycles. The van der Waals surface area contributed by atoms with E-state index in [2.05, 4.69) is 32.7 Å². The topological polar surface area (TPSA) is 133 Å². The predicted octanol–water partition coefficient (Wildman–Crippen LogP) is 1.28. The molecular formula is C19H33N7O4. The van der Waals surface area contributed by atoms with Crippen molar-refractivity contribution in [2.45, 2.75) is 65.6 Å². The number of amides is 2. The van der Waals surface area contributed by atoms with Gasteiger partial charge in [-0.25, -0.2) is 5.06 Å². The van der Waals surface area contributed by atoms with Crippen LogP contribution in [-0.4, -0.2) is 69.4 Å². The van der Waals surface area contributed by atoms with E-state index in [-0.39, 0.29) is 30.6 Å². The Morgan fingerprint density at radius 1 is 1.30 bits per heavy atom. The van der Waals surface area contributed by atoms with Gasteiger partial charge in [0.15, 0.2) is 0 Å². The second-order valence-corrected chi connectivity index (χ2v) is 7.70. The van der Waals surface area contributed by atoms with Gasteiger partial charge >= 0.3 is 0 Å². The molecule has 30 heavy (non-hydrogen) atoms. The maximum Gasteiger partial charge on any atom is 0.246 e. The van der Waals surface area contributed by atoms with Gasteiger partial charge in [-0.05, 0) is 27.2 Å². The quantitative estimate of drug-likeness (QED) is 0.208. The molecule has 11 nitrogen and oxygen atoms in total. The fourth-order valence-electron chi connectivity index (χ4n) is 3.44. The number of aromatic nitrogens is 3. The molecule has 168 valence electrons. The molecule has 0 spiro atoms. The van der Waals surface area contributed by atoms with Gasteiger partial charge in [0.05, 0.1) is 24.7 Å². The van der Waals surface area contributed by atoms with Gasteiger partial charge in [-0.1, -0.05) is 26.2 Å². The minimum absolute atomic E-state index is 0.0602. The van der Waals surface area contributed by atoms with Gasteiger partial charge < -0.3 is 9.64 Å². The summed E-state index contributed by atoms with van der Waals surface area (Å²) in [5, 5.41) is 9.98. The van der Waals surface area contributed by atoms with Crippen LogP contribution in [0.4, 0.5) is 11.9 Å². The van der Waals surface area contributed by atoms with Crippen LogP contribution in [0, 0.1) is 12.8 Å². The summed E-state index contributed by atoms with van der Waals surface area (Å²) in [6.45, 7) is 9.07. The molecule has 2 rings (SSSR count). The highest BCUT2D eigenvalue weighted by molar-refractivity contribution is 5.80. The lowest BCUT2D eigenvalue weighted by atomic mass is 10.0. The Bertz CT molecular complexity index is 695. The number of nitrogens with zero attached hydrogens (tertiary/aromatic N) is 5. The lowest BCUT2D eigenvalue weighted by Crippen LogP contribution is -2.46. The van der Waals surface area contributed by atoms with Crippen LogP contribution in [0.1, 0.15) is 52.3 Å². The molecule has 2 unspecified atom stereocenters. The first kappa shape index (κ1) is 23.7. The van der Waals surface area contributed by atoms with E-state index in [1.54, 1.807) is 6.92 Å². The number of hydrogen-bond acceptors (Lipinski definition) is 9. The average Bonchev–Trinajstić information content (AvgIpc) is 2.70. The minimum Gasteiger partial charge on any atom is -0.372 e. The number of morpholine rings is 1. The second kappa shape index (κ2) is 11.6. The van der Waals surface area contributed by atoms with Crippen molar-refractivity contribution in [3.8, 4) is 0 Å². The third-order valence-electron chi connectivity index (χ3n) is 4.79. The van der Waals surface area contributed by atoms with Crippen LogP contribution >= 0.6 is 0 Å². The summed E-state index contributed by atoms with van der Waals surface area (Å²) in [4.78, 5) is 38.4. The molecular weight excluding hydrogens is 390 g/mol.